The molecule has 0 saturated carbocycles. The summed E-state index contributed by atoms with van der Waals surface area (Å²) in [6.45, 7) is 6.10. The van der Waals surface area contributed by atoms with Gasteiger partial charge < -0.3 is 4.98 Å². The fourth-order valence-electron chi connectivity index (χ4n) is 1.46. The average molecular weight is 165 g/mol. The lowest BCUT2D eigenvalue weighted by Gasteiger charge is -2.01. The van der Waals surface area contributed by atoms with E-state index >= 15 is 0 Å². The molecule has 2 rings (SSSR count). The summed E-state index contributed by atoms with van der Waals surface area (Å²) in [6.07, 6.45) is 6.80. The Morgan fingerprint density at radius 3 is 2.83 bits per heavy atom. The highest BCUT2D eigenvalue weighted by Crippen LogP contribution is 2.18. The molecule has 0 saturated heterocycles. The second-order valence-corrected chi connectivity index (χ2v) is 2.83. The minimum atomic E-state index is 0. The Bertz CT molecular complexity index is 274. The Balaban J connectivity index is 0.000000451. The van der Waals surface area contributed by atoms with Gasteiger partial charge in [0.25, 0.3) is 0 Å². The van der Waals surface area contributed by atoms with Crippen LogP contribution in [0.5, 0.6) is 0 Å². The molecule has 1 heteroatoms. The van der Waals surface area contributed by atoms with Gasteiger partial charge in [-0.05, 0) is 37.5 Å². The Labute approximate surface area is 76.0 Å². The smallest absolute Gasteiger partial charge is 0.0411 e. The summed E-state index contributed by atoms with van der Waals surface area (Å²) in [5.41, 5.74) is 4.06. The van der Waals surface area contributed by atoms with Crippen molar-refractivity contribution < 1.29 is 1.43 Å². The molecule has 1 nitrogen and oxygen atoms in total. The van der Waals surface area contributed by atoms with Crippen LogP contribution in [0.1, 0.15) is 38.6 Å². The zero-order valence-corrected chi connectivity index (χ0v) is 8.15. The molecule has 0 unspecified atom stereocenters. The number of aromatic amines is 1. The molecule has 68 valence electrons. The first kappa shape index (κ1) is 9.11. The van der Waals surface area contributed by atoms with Crippen molar-refractivity contribution in [2.24, 2.45) is 0 Å². The molecular formula is C11H19N. The van der Waals surface area contributed by atoms with Gasteiger partial charge in [-0.25, -0.2) is 0 Å². The van der Waals surface area contributed by atoms with E-state index in [1.165, 1.54) is 29.8 Å². The first-order valence-electron chi connectivity index (χ1n) is 4.71. The molecule has 0 aliphatic heterocycles. The lowest BCUT2D eigenvalue weighted by molar-refractivity contribution is 0.985. The maximum atomic E-state index is 3.31. The molecule has 1 aliphatic rings. The van der Waals surface area contributed by atoms with Crippen LogP contribution < -0.4 is 0 Å². The number of allylic oxidation sites excluding steroid dienone is 1. The topological polar surface area (TPSA) is 15.8 Å². The van der Waals surface area contributed by atoms with E-state index in [4.69, 9.17) is 0 Å². The number of rotatable bonds is 0. The highest BCUT2D eigenvalue weighted by molar-refractivity contribution is 5.53. The Morgan fingerprint density at radius 1 is 1.42 bits per heavy atom. The normalized spacial score (nSPS) is 13.2. The van der Waals surface area contributed by atoms with Gasteiger partial charge in [0.05, 0.1) is 0 Å². The minimum Gasteiger partial charge on any atom is -0.359 e. The first-order valence-corrected chi connectivity index (χ1v) is 4.71. The van der Waals surface area contributed by atoms with E-state index in [0.29, 0.717) is 0 Å². The fraction of sp³-hybridized carbons (Fsp3) is 0.455. The fourth-order valence-corrected chi connectivity index (χ4v) is 1.46. The third kappa shape index (κ3) is 1.79. The third-order valence-electron chi connectivity index (χ3n) is 1.93. The number of hydrogen-bond donors (Lipinski definition) is 1. The summed E-state index contributed by atoms with van der Waals surface area (Å²) in [7, 11) is 0. The number of H-pyrrole nitrogens is 1. The molecule has 1 heterocycles. The van der Waals surface area contributed by atoms with Crippen molar-refractivity contribution in [3.05, 3.63) is 29.1 Å². The van der Waals surface area contributed by atoms with Crippen LogP contribution in [0.2, 0.25) is 0 Å². The minimum absolute atomic E-state index is 0. The van der Waals surface area contributed by atoms with Gasteiger partial charge in [0.2, 0.25) is 0 Å². The van der Waals surface area contributed by atoms with Gasteiger partial charge >= 0.3 is 0 Å². The van der Waals surface area contributed by atoms with E-state index in [-0.39, 0.29) is 1.43 Å². The predicted octanol–water partition coefficient (Wildman–Crippen LogP) is 3.55. The van der Waals surface area contributed by atoms with Crippen molar-refractivity contribution in [1.82, 2.24) is 4.98 Å². The summed E-state index contributed by atoms with van der Waals surface area (Å²) in [4.78, 5) is 3.31. The van der Waals surface area contributed by atoms with E-state index in [1.807, 2.05) is 13.8 Å². The molecule has 1 aromatic rings. The maximum Gasteiger partial charge on any atom is 0.0411 e. The number of nitrogens with one attached hydrogen (secondary N) is 1. The van der Waals surface area contributed by atoms with Gasteiger partial charge in [-0.15, -0.1) is 0 Å². The van der Waals surface area contributed by atoms with E-state index in [9.17, 15) is 0 Å². The third-order valence-corrected chi connectivity index (χ3v) is 1.93. The summed E-state index contributed by atoms with van der Waals surface area (Å²) in [5, 5.41) is 0. The van der Waals surface area contributed by atoms with Crippen LogP contribution >= 0.6 is 0 Å². The number of aryl methyl sites for hydroxylation is 2. The quantitative estimate of drug-likeness (QED) is 0.605. The molecule has 0 fully saturated rings. The summed E-state index contributed by atoms with van der Waals surface area (Å²) in [5.74, 6) is 0. The van der Waals surface area contributed by atoms with E-state index in [1.54, 1.807) is 0 Å². The van der Waals surface area contributed by atoms with Gasteiger partial charge in [0, 0.05) is 12.8 Å². The molecule has 1 N–H and O–H groups in total. The summed E-state index contributed by atoms with van der Waals surface area (Å²) in [6, 6.07) is 2.23. The van der Waals surface area contributed by atoms with Crippen molar-refractivity contribution in [1.29, 1.82) is 0 Å². The number of hydrogen-bond acceptors (Lipinski definition) is 0. The molecule has 0 bridgehead atoms. The van der Waals surface area contributed by atoms with Crippen LogP contribution in [0, 0.1) is 6.92 Å². The molecule has 0 aromatic carbocycles. The van der Waals surface area contributed by atoms with Crippen LogP contribution in [0.15, 0.2) is 12.1 Å². The molecule has 0 radical (unpaired) electrons. The summed E-state index contributed by atoms with van der Waals surface area (Å²) >= 11 is 0. The van der Waals surface area contributed by atoms with E-state index < -0.39 is 0 Å². The molecule has 0 spiro atoms. The van der Waals surface area contributed by atoms with Crippen LogP contribution in [0.4, 0.5) is 0 Å². The highest BCUT2D eigenvalue weighted by Gasteiger charge is 2.05. The number of aromatic nitrogens is 1. The SMILES string of the molecule is CC.Cc1cc2c([nH]1)C=CCC2.[HH]. The van der Waals surface area contributed by atoms with Crippen molar-refractivity contribution >= 4 is 6.08 Å². The monoisotopic (exact) mass is 165 g/mol. The van der Waals surface area contributed by atoms with Crippen LogP contribution in [-0.4, -0.2) is 4.98 Å². The molecule has 12 heavy (non-hydrogen) atoms. The van der Waals surface area contributed by atoms with Gasteiger partial charge in [0.15, 0.2) is 0 Å². The van der Waals surface area contributed by atoms with Crippen molar-refractivity contribution in [3.8, 4) is 0 Å². The van der Waals surface area contributed by atoms with Crippen LogP contribution in [-0.2, 0) is 6.42 Å². The van der Waals surface area contributed by atoms with Gasteiger partial charge in [0.1, 0.15) is 0 Å². The van der Waals surface area contributed by atoms with Gasteiger partial charge in [-0.3, -0.25) is 0 Å². The molecule has 0 amide bonds. The standard InChI is InChI=1S/C9H11N.C2H6.H2/c1-7-6-8-4-2-3-5-9(8)10-7;1-2;/h3,5-6,10H,2,4H2,1H3;1-2H3;1H. The predicted molar refractivity (Wildman–Crippen MR) is 56.3 cm³/mol. The zero-order chi connectivity index (χ0) is 8.97. The van der Waals surface area contributed by atoms with Crippen LogP contribution in [0.3, 0.4) is 0 Å². The average Bonchev–Trinajstić information content (AvgIpc) is 2.48. The van der Waals surface area contributed by atoms with E-state index in [0.717, 1.165) is 0 Å². The van der Waals surface area contributed by atoms with Crippen molar-refractivity contribution in [2.75, 3.05) is 0 Å². The number of fused-ring (bicyclic) bond motifs is 1. The second kappa shape index (κ2) is 4.15. The lowest BCUT2D eigenvalue weighted by atomic mass is 10.1. The molecule has 1 aromatic heterocycles. The Hall–Kier alpha value is -0.980. The van der Waals surface area contributed by atoms with Gasteiger partial charge in [-0.2, -0.15) is 0 Å². The molecule has 0 atom stereocenters. The van der Waals surface area contributed by atoms with Crippen molar-refractivity contribution in [3.63, 3.8) is 0 Å². The molecular weight excluding hydrogens is 146 g/mol. The summed E-state index contributed by atoms with van der Waals surface area (Å²) < 4.78 is 0. The Kier molecular flexibility index (Phi) is 3.15. The van der Waals surface area contributed by atoms with E-state index in [2.05, 4.69) is 30.1 Å². The Morgan fingerprint density at radius 2 is 2.17 bits per heavy atom. The van der Waals surface area contributed by atoms with Gasteiger partial charge in [-0.1, -0.05) is 19.9 Å². The van der Waals surface area contributed by atoms with Crippen LogP contribution in [0.25, 0.3) is 6.08 Å². The zero-order valence-electron chi connectivity index (χ0n) is 8.15. The first-order chi connectivity index (χ1) is 5.86. The maximum absolute atomic E-state index is 3.31. The second-order valence-electron chi connectivity index (χ2n) is 2.83. The largest absolute Gasteiger partial charge is 0.359 e. The molecule has 1 aliphatic carbocycles. The van der Waals surface area contributed by atoms with Crippen molar-refractivity contribution in [2.45, 2.75) is 33.6 Å². The lowest BCUT2D eigenvalue weighted by Crippen LogP contribution is -1.88. The highest BCUT2D eigenvalue weighted by atomic mass is 14.7.